The molecule has 43 heavy (non-hydrogen) atoms. The van der Waals surface area contributed by atoms with Gasteiger partial charge in [-0.3, -0.25) is 4.57 Å². The van der Waals surface area contributed by atoms with Gasteiger partial charge in [0.1, 0.15) is 0 Å². The van der Waals surface area contributed by atoms with Crippen LogP contribution in [0.2, 0.25) is 0 Å². The van der Waals surface area contributed by atoms with Gasteiger partial charge in [-0.2, -0.15) is 0 Å². The van der Waals surface area contributed by atoms with E-state index in [1.807, 2.05) is 32.3 Å². The first kappa shape index (κ1) is 26.4. The third-order valence-electron chi connectivity index (χ3n) is 7.94. The number of fused-ring (bicyclic) bond motifs is 5. The average Bonchev–Trinajstić information content (AvgIpc) is 3.45. The average molecular weight is 554 g/mol. The smallest absolute Gasteiger partial charge is 0.234 e. The van der Waals surface area contributed by atoms with Crippen LogP contribution in [0.15, 0.2) is 152 Å². The van der Waals surface area contributed by atoms with Crippen molar-refractivity contribution in [3.05, 3.63) is 152 Å². The van der Waals surface area contributed by atoms with Crippen LogP contribution in [-0.4, -0.2) is 14.5 Å². The predicted molar refractivity (Wildman–Crippen MR) is 182 cm³/mol. The zero-order chi connectivity index (χ0) is 29.2. The second-order valence-electron chi connectivity index (χ2n) is 10.3. The molecule has 8 rings (SSSR count). The molecule has 0 atom stereocenters. The number of aromatic nitrogens is 3. The molecule has 8 aromatic rings. The van der Waals surface area contributed by atoms with Crippen LogP contribution in [0.1, 0.15) is 13.8 Å². The Bertz CT molecular complexity index is 2180. The molecule has 0 bridgehead atoms. The summed E-state index contributed by atoms with van der Waals surface area (Å²) in [5, 5.41) is 4.80. The highest BCUT2D eigenvalue weighted by atomic mass is 15.1. The number of rotatable bonds is 4. The van der Waals surface area contributed by atoms with Gasteiger partial charge in [0.25, 0.3) is 0 Å². The fourth-order valence-corrected chi connectivity index (χ4v) is 5.97. The molecule has 0 radical (unpaired) electrons. The Labute approximate surface area is 251 Å². The largest absolute Gasteiger partial charge is 0.277 e. The van der Waals surface area contributed by atoms with Crippen LogP contribution in [0.25, 0.3) is 71.9 Å². The maximum atomic E-state index is 4.95. The quantitative estimate of drug-likeness (QED) is 0.217. The van der Waals surface area contributed by atoms with Gasteiger partial charge < -0.3 is 0 Å². The summed E-state index contributed by atoms with van der Waals surface area (Å²) in [7, 11) is 0. The summed E-state index contributed by atoms with van der Waals surface area (Å²) in [4.78, 5) is 9.89. The molecule has 2 aromatic heterocycles. The van der Waals surface area contributed by atoms with Crippen molar-refractivity contribution in [3.8, 4) is 39.3 Å². The van der Waals surface area contributed by atoms with Crippen LogP contribution >= 0.6 is 0 Å². The van der Waals surface area contributed by atoms with Gasteiger partial charge in [-0.25, -0.2) is 9.97 Å². The number of nitrogens with zero attached hydrogens (tertiary/aromatic N) is 3. The molecule has 0 saturated carbocycles. The highest BCUT2D eigenvalue weighted by Crippen LogP contribution is 2.37. The Morgan fingerprint density at radius 1 is 0.419 bits per heavy atom. The molecule has 3 nitrogen and oxygen atoms in total. The summed E-state index contributed by atoms with van der Waals surface area (Å²) < 4.78 is 2.20. The van der Waals surface area contributed by atoms with E-state index >= 15 is 0 Å². The number of benzene rings is 6. The Morgan fingerprint density at radius 3 is 1.72 bits per heavy atom. The molecule has 0 N–H and O–H groups in total. The van der Waals surface area contributed by atoms with E-state index in [2.05, 4.69) is 138 Å². The molecule has 6 aromatic carbocycles. The van der Waals surface area contributed by atoms with E-state index in [4.69, 9.17) is 9.97 Å². The van der Waals surface area contributed by atoms with E-state index in [9.17, 15) is 0 Å². The van der Waals surface area contributed by atoms with Crippen LogP contribution in [0, 0.1) is 0 Å². The van der Waals surface area contributed by atoms with Gasteiger partial charge in [0.2, 0.25) is 5.95 Å². The minimum Gasteiger partial charge on any atom is -0.277 e. The van der Waals surface area contributed by atoms with Crippen molar-refractivity contribution in [1.29, 1.82) is 0 Å². The Hall–Kier alpha value is -5.54. The molecule has 0 spiro atoms. The molecule has 0 fully saturated rings. The summed E-state index contributed by atoms with van der Waals surface area (Å²) in [6, 6.07) is 49.1. The van der Waals surface area contributed by atoms with E-state index in [0.29, 0.717) is 5.95 Å². The molecule has 0 aliphatic carbocycles. The van der Waals surface area contributed by atoms with Gasteiger partial charge >= 0.3 is 0 Å². The van der Waals surface area contributed by atoms with E-state index in [-0.39, 0.29) is 0 Å². The maximum Gasteiger partial charge on any atom is 0.234 e. The fourth-order valence-electron chi connectivity index (χ4n) is 5.97. The summed E-state index contributed by atoms with van der Waals surface area (Å²) in [5.41, 5.74) is 9.08. The monoisotopic (exact) mass is 553 g/mol. The second kappa shape index (κ2) is 11.4. The van der Waals surface area contributed by atoms with Crippen molar-refractivity contribution in [1.82, 2.24) is 14.5 Å². The molecule has 0 amide bonds. The topological polar surface area (TPSA) is 30.7 Å². The lowest BCUT2D eigenvalue weighted by Crippen LogP contribution is -2.01. The number of hydrogen-bond acceptors (Lipinski definition) is 2. The van der Waals surface area contributed by atoms with Gasteiger partial charge in [0.15, 0.2) is 0 Å². The third kappa shape index (κ3) is 4.65. The molecule has 3 heteroatoms. The normalized spacial score (nSPS) is 11.0. The van der Waals surface area contributed by atoms with Crippen LogP contribution in [-0.2, 0) is 0 Å². The van der Waals surface area contributed by atoms with E-state index in [0.717, 1.165) is 27.7 Å². The van der Waals surface area contributed by atoms with Crippen molar-refractivity contribution in [3.63, 3.8) is 0 Å². The third-order valence-corrected chi connectivity index (χ3v) is 7.94. The van der Waals surface area contributed by atoms with E-state index < -0.39 is 0 Å². The summed E-state index contributed by atoms with van der Waals surface area (Å²) in [5.74, 6) is 0.668. The van der Waals surface area contributed by atoms with Crippen LogP contribution < -0.4 is 0 Å². The predicted octanol–water partition coefficient (Wildman–Crippen LogP) is 10.8. The zero-order valence-corrected chi connectivity index (χ0v) is 24.3. The van der Waals surface area contributed by atoms with Crippen LogP contribution in [0.3, 0.4) is 0 Å². The second-order valence-corrected chi connectivity index (χ2v) is 10.3. The Kier molecular flexibility index (Phi) is 6.98. The maximum absolute atomic E-state index is 4.95. The first-order valence-corrected chi connectivity index (χ1v) is 14.8. The Morgan fingerprint density at radius 2 is 0.977 bits per heavy atom. The van der Waals surface area contributed by atoms with Gasteiger partial charge in [0.05, 0.1) is 11.0 Å². The zero-order valence-electron chi connectivity index (χ0n) is 24.3. The van der Waals surface area contributed by atoms with Gasteiger partial charge in [-0.15, -0.1) is 0 Å². The molecular formula is C40H31N3. The SMILES string of the molecule is CC.c1ccc(-c2ccc(-c3ccccc3-c3cnc(-n4c5ccccc5c5ccc6ccccc6c54)nc3)cc2)cc1. The van der Waals surface area contributed by atoms with Gasteiger partial charge in [0, 0.05) is 34.1 Å². The first-order chi connectivity index (χ1) is 21.3. The van der Waals surface area contributed by atoms with Gasteiger partial charge in [-0.1, -0.05) is 147 Å². The van der Waals surface area contributed by atoms with E-state index in [1.165, 1.54) is 38.2 Å². The van der Waals surface area contributed by atoms with Crippen molar-refractivity contribution in [2.45, 2.75) is 13.8 Å². The molecule has 0 unspecified atom stereocenters. The van der Waals surface area contributed by atoms with Crippen molar-refractivity contribution in [2.24, 2.45) is 0 Å². The highest BCUT2D eigenvalue weighted by molar-refractivity contribution is 6.18. The molecule has 0 saturated heterocycles. The minimum atomic E-state index is 0.668. The first-order valence-electron chi connectivity index (χ1n) is 14.8. The van der Waals surface area contributed by atoms with E-state index in [1.54, 1.807) is 0 Å². The minimum absolute atomic E-state index is 0.668. The fraction of sp³-hybridized carbons (Fsp3) is 0.0500. The number of para-hydroxylation sites is 1. The summed E-state index contributed by atoms with van der Waals surface area (Å²) >= 11 is 0. The summed E-state index contributed by atoms with van der Waals surface area (Å²) in [6.07, 6.45) is 3.90. The van der Waals surface area contributed by atoms with Crippen LogP contribution in [0.5, 0.6) is 0 Å². The van der Waals surface area contributed by atoms with Crippen LogP contribution in [0.4, 0.5) is 0 Å². The molecule has 0 aliphatic rings. The molecule has 2 heterocycles. The highest BCUT2D eigenvalue weighted by Gasteiger charge is 2.17. The lowest BCUT2D eigenvalue weighted by molar-refractivity contribution is 0.992. The molecule has 206 valence electrons. The Balaban J connectivity index is 0.00000147. The molecule has 0 aliphatic heterocycles. The van der Waals surface area contributed by atoms with Crippen molar-refractivity contribution < 1.29 is 0 Å². The molecular weight excluding hydrogens is 522 g/mol. The lowest BCUT2D eigenvalue weighted by atomic mass is 9.94. The van der Waals surface area contributed by atoms with Gasteiger partial charge in [-0.05, 0) is 39.3 Å². The lowest BCUT2D eigenvalue weighted by Gasteiger charge is -2.12. The van der Waals surface area contributed by atoms with Crippen molar-refractivity contribution in [2.75, 3.05) is 0 Å². The standard InChI is InChI=1S/C38H25N3.C2H6/c1-2-10-26(11-3-1)27-18-20-29(21-19-27)31-13-6-7-14-32(31)30-24-39-38(40-25-30)41-36-17-9-8-16-34(36)35-23-22-28-12-4-5-15-33(28)37(35)41;1-2/h1-25H;1-2H3. The number of hydrogen-bond donors (Lipinski definition) is 0. The van der Waals surface area contributed by atoms with Crippen molar-refractivity contribution >= 4 is 32.6 Å². The summed E-state index contributed by atoms with van der Waals surface area (Å²) in [6.45, 7) is 4.00.